The van der Waals surface area contributed by atoms with Crippen LogP contribution in [0.4, 0.5) is 11.4 Å². The van der Waals surface area contributed by atoms with Gasteiger partial charge in [-0.3, -0.25) is 9.69 Å². The van der Waals surface area contributed by atoms with Gasteiger partial charge in [0.25, 0.3) is 0 Å². The normalized spacial score (nSPS) is 23.5. The van der Waals surface area contributed by atoms with Gasteiger partial charge in [0.05, 0.1) is 23.5 Å². The number of amides is 1. The highest BCUT2D eigenvalue weighted by molar-refractivity contribution is 5.96. The van der Waals surface area contributed by atoms with Gasteiger partial charge in [0.15, 0.2) is 0 Å². The number of nitrogen functional groups attached to an aromatic ring is 1. The number of benzene rings is 1. The van der Waals surface area contributed by atoms with Crippen molar-refractivity contribution >= 4 is 17.3 Å². The lowest BCUT2D eigenvalue weighted by molar-refractivity contribution is -0.117. The molecule has 0 spiro atoms. The lowest BCUT2D eigenvalue weighted by Crippen LogP contribution is -2.35. The van der Waals surface area contributed by atoms with Crippen LogP contribution in [0.2, 0.25) is 0 Å². The van der Waals surface area contributed by atoms with Gasteiger partial charge in [-0.15, -0.1) is 0 Å². The van der Waals surface area contributed by atoms with Gasteiger partial charge in [0, 0.05) is 13.1 Å². The molecule has 104 valence electrons. The molecule has 1 aliphatic rings. The number of hydrogen-bond acceptors (Lipinski definition) is 4. The van der Waals surface area contributed by atoms with Gasteiger partial charge in [-0.05, 0) is 31.9 Å². The van der Waals surface area contributed by atoms with E-state index in [1.807, 2.05) is 24.0 Å². The number of para-hydroxylation sites is 1. The third-order valence-corrected chi connectivity index (χ3v) is 3.47. The summed E-state index contributed by atoms with van der Waals surface area (Å²) < 4.78 is 0. The molecule has 5 heteroatoms. The minimum atomic E-state index is -0.679. The van der Waals surface area contributed by atoms with E-state index in [1.54, 1.807) is 13.0 Å². The second kappa shape index (κ2) is 5.19. The minimum Gasteiger partial charge on any atom is -0.397 e. The predicted octanol–water partition coefficient (Wildman–Crippen LogP) is 0.972. The van der Waals surface area contributed by atoms with Crippen LogP contribution in [0.1, 0.15) is 18.9 Å². The summed E-state index contributed by atoms with van der Waals surface area (Å²) in [6.07, 6.45) is 0.701. The molecule has 0 aliphatic carbocycles. The smallest absolute Gasteiger partial charge is 0.238 e. The van der Waals surface area contributed by atoms with Crippen molar-refractivity contribution in [3.8, 4) is 0 Å². The van der Waals surface area contributed by atoms with Gasteiger partial charge >= 0.3 is 0 Å². The number of anilines is 2. The Labute approximate surface area is 113 Å². The molecule has 1 aromatic carbocycles. The van der Waals surface area contributed by atoms with E-state index in [9.17, 15) is 9.90 Å². The predicted molar refractivity (Wildman–Crippen MR) is 75.9 cm³/mol. The standard InChI is InChI=1S/C14H21N3O2/c1-10-4-3-5-11(15)13(10)16-12(18)8-17-7-6-14(2,19)9-17/h3-5,19H,6-9,15H2,1-2H3,(H,16,18). The van der Waals surface area contributed by atoms with Crippen LogP contribution in [0.25, 0.3) is 0 Å². The number of nitrogens with zero attached hydrogens (tertiary/aromatic N) is 1. The minimum absolute atomic E-state index is 0.0984. The summed E-state index contributed by atoms with van der Waals surface area (Å²) in [5, 5.41) is 12.7. The van der Waals surface area contributed by atoms with Gasteiger partial charge in [0.1, 0.15) is 0 Å². The Kier molecular flexibility index (Phi) is 3.78. The zero-order valence-electron chi connectivity index (χ0n) is 11.4. The second-order valence-corrected chi connectivity index (χ2v) is 5.54. The first-order valence-electron chi connectivity index (χ1n) is 6.47. The van der Waals surface area contributed by atoms with E-state index >= 15 is 0 Å². The Morgan fingerprint density at radius 2 is 2.32 bits per heavy atom. The lowest BCUT2D eigenvalue weighted by atomic mass is 10.1. The summed E-state index contributed by atoms with van der Waals surface area (Å²) in [5.74, 6) is -0.0984. The molecule has 1 aliphatic heterocycles. The van der Waals surface area contributed by atoms with Crippen LogP contribution in [0.15, 0.2) is 18.2 Å². The second-order valence-electron chi connectivity index (χ2n) is 5.54. The summed E-state index contributed by atoms with van der Waals surface area (Å²) in [4.78, 5) is 13.9. The maximum Gasteiger partial charge on any atom is 0.238 e. The zero-order chi connectivity index (χ0) is 14.0. The van der Waals surface area contributed by atoms with Crippen molar-refractivity contribution in [2.24, 2.45) is 0 Å². The summed E-state index contributed by atoms with van der Waals surface area (Å²) in [7, 11) is 0. The van der Waals surface area contributed by atoms with Crippen molar-refractivity contribution in [2.75, 3.05) is 30.7 Å². The van der Waals surface area contributed by atoms with Crippen LogP contribution in [-0.2, 0) is 4.79 Å². The van der Waals surface area contributed by atoms with Crippen LogP contribution in [0.5, 0.6) is 0 Å². The van der Waals surface area contributed by atoms with Crippen LogP contribution in [-0.4, -0.2) is 41.1 Å². The van der Waals surface area contributed by atoms with Gasteiger partial charge in [-0.25, -0.2) is 0 Å². The first kappa shape index (κ1) is 13.8. The molecule has 1 saturated heterocycles. The molecule has 0 radical (unpaired) electrons. The van der Waals surface area contributed by atoms with Gasteiger partial charge in [-0.1, -0.05) is 12.1 Å². The number of β-amino-alcohol motifs (C(OH)–C–C–N with tert-alkyl or cyclic N) is 1. The molecule has 0 saturated carbocycles. The molecule has 4 N–H and O–H groups in total. The Bertz CT molecular complexity index is 465. The Balaban J connectivity index is 1.95. The summed E-state index contributed by atoms with van der Waals surface area (Å²) >= 11 is 0. The number of nitrogens with one attached hydrogen (secondary N) is 1. The van der Waals surface area contributed by atoms with Crippen LogP contribution < -0.4 is 11.1 Å². The number of aliphatic hydroxyl groups is 1. The van der Waals surface area contributed by atoms with Gasteiger partial charge in [-0.2, -0.15) is 0 Å². The number of rotatable bonds is 3. The largest absolute Gasteiger partial charge is 0.397 e. The third kappa shape index (κ3) is 3.45. The van der Waals surface area contributed by atoms with Crippen molar-refractivity contribution in [3.63, 3.8) is 0 Å². The highest BCUT2D eigenvalue weighted by Gasteiger charge is 2.32. The van der Waals surface area contributed by atoms with E-state index in [2.05, 4.69) is 5.32 Å². The van der Waals surface area contributed by atoms with E-state index in [0.717, 1.165) is 12.1 Å². The molecule has 5 nitrogen and oxygen atoms in total. The number of hydrogen-bond donors (Lipinski definition) is 3. The zero-order valence-corrected chi connectivity index (χ0v) is 11.4. The van der Waals surface area contributed by atoms with Crippen molar-refractivity contribution in [1.82, 2.24) is 4.90 Å². The van der Waals surface area contributed by atoms with E-state index in [4.69, 9.17) is 5.73 Å². The first-order valence-corrected chi connectivity index (χ1v) is 6.47. The molecule has 0 aromatic heterocycles. The Morgan fingerprint density at radius 3 is 2.89 bits per heavy atom. The van der Waals surface area contributed by atoms with Crippen molar-refractivity contribution in [1.29, 1.82) is 0 Å². The lowest BCUT2D eigenvalue weighted by Gasteiger charge is -2.19. The number of carbonyl (C=O) groups is 1. The van der Waals surface area contributed by atoms with Crippen molar-refractivity contribution in [2.45, 2.75) is 25.9 Å². The number of aryl methyl sites for hydroxylation is 1. The molecule has 2 rings (SSSR count). The molecule has 19 heavy (non-hydrogen) atoms. The average molecular weight is 263 g/mol. The van der Waals surface area contributed by atoms with Crippen LogP contribution >= 0.6 is 0 Å². The molecular formula is C14H21N3O2. The molecule has 1 heterocycles. The number of nitrogens with two attached hydrogens (primary N) is 1. The highest BCUT2D eigenvalue weighted by Crippen LogP contribution is 2.23. The fraction of sp³-hybridized carbons (Fsp3) is 0.500. The molecule has 1 atom stereocenters. The topological polar surface area (TPSA) is 78.6 Å². The van der Waals surface area contributed by atoms with Crippen molar-refractivity contribution in [3.05, 3.63) is 23.8 Å². The summed E-state index contributed by atoms with van der Waals surface area (Å²) in [6, 6.07) is 5.54. The van der Waals surface area contributed by atoms with E-state index < -0.39 is 5.60 Å². The fourth-order valence-corrected chi connectivity index (χ4v) is 2.42. The molecule has 1 unspecified atom stereocenters. The SMILES string of the molecule is Cc1cccc(N)c1NC(=O)CN1CCC(C)(O)C1. The Morgan fingerprint density at radius 1 is 1.58 bits per heavy atom. The van der Waals surface area contributed by atoms with Crippen LogP contribution in [0.3, 0.4) is 0 Å². The summed E-state index contributed by atoms with van der Waals surface area (Å²) in [6.45, 7) is 5.26. The fourth-order valence-electron chi connectivity index (χ4n) is 2.42. The molecule has 0 bridgehead atoms. The Hall–Kier alpha value is -1.59. The maximum absolute atomic E-state index is 12.0. The summed E-state index contributed by atoms with van der Waals surface area (Å²) in [5.41, 5.74) is 7.37. The first-order chi connectivity index (χ1) is 8.87. The van der Waals surface area contributed by atoms with Gasteiger partial charge < -0.3 is 16.2 Å². The van der Waals surface area contributed by atoms with E-state index in [1.165, 1.54) is 0 Å². The van der Waals surface area contributed by atoms with Gasteiger partial charge in [0.2, 0.25) is 5.91 Å². The molecule has 1 aromatic rings. The monoisotopic (exact) mass is 263 g/mol. The quantitative estimate of drug-likeness (QED) is 0.710. The molecule has 1 fully saturated rings. The number of carbonyl (C=O) groups excluding carboxylic acids is 1. The van der Waals surface area contributed by atoms with Crippen molar-refractivity contribution < 1.29 is 9.90 Å². The van der Waals surface area contributed by atoms with E-state index in [0.29, 0.717) is 24.3 Å². The van der Waals surface area contributed by atoms with Crippen LogP contribution in [0, 0.1) is 6.92 Å². The molecular weight excluding hydrogens is 242 g/mol. The van der Waals surface area contributed by atoms with E-state index in [-0.39, 0.29) is 12.5 Å². The average Bonchev–Trinajstić information content (AvgIpc) is 2.63. The third-order valence-electron chi connectivity index (χ3n) is 3.47. The molecule has 1 amide bonds. The number of likely N-dealkylation sites (tertiary alicyclic amines) is 1. The highest BCUT2D eigenvalue weighted by atomic mass is 16.3. The maximum atomic E-state index is 12.0.